The number of carbonyl (C=O) groups excluding carboxylic acids is 1. The van der Waals surface area contributed by atoms with E-state index in [1.807, 2.05) is 0 Å². The van der Waals surface area contributed by atoms with E-state index < -0.39 is 10.8 Å². The van der Waals surface area contributed by atoms with Crippen LogP contribution in [0.5, 0.6) is 0 Å². The van der Waals surface area contributed by atoms with Crippen LogP contribution >= 0.6 is 0 Å². The lowest BCUT2D eigenvalue weighted by Crippen LogP contribution is -2.26. The third kappa shape index (κ3) is 3.67. The summed E-state index contributed by atoms with van der Waals surface area (Å²) in [6, 6.07) is 1.18. The van der Waals surface area contributed by atoms with E-state index in [1.54, 1.807) is 7.11 Å². The lowest BCUT2D eigenvalue weighted by Gasteiger charge is -2.05. The standard InChI is InChI=1S/C10H14N4O4/c1-18-4-2-3-12-10(15)7-5-9(11)13-6-8(7)14(16)17/h5-6H,2-4H2,1H3,(H2,11,13)(H,12,15). The van der Waals surface area contributed by atoms with Crippen LogP contribution in [0.25, 0.3) is 0 Å². The van der Waals surface area contributed by atoms with Crippen molar-refractivity contribution in [2.24, 2.45) is 0 Å². The molecule has 0 unspecified atom stereocenters. The van der Waals surface area contributed by atoms with Gasteiger partial charge in [-0.05, 0) is 12.5 Å². The maximum absolute atomic E-state index is 11.7. The minimum Gasteiger partial charge on any atom is -0.385 e. The maximum atomic E-state index is 11.7. The van der Waals surface area contributed by atoms with E-state index in [-0.39, 0.29) is 17.1 Å². The van der Waals surface area contributed by atoms with Crippen molar-refractivity contribution in [1.82, 2.24) is 10.3 Å². The summed E-state index contributed by atoms with van der Waals surface area (Å²) in [5.74, 6) is -0.491. The Hall–Kier alpha value is -2.22. The zero-order valence-corrected chi connectivity index (χ0v) is 9.88. The molecule has 8 heteroatoms. The lowest BCUT2D eigenvalue weighted by molar-refractivity contribution is -0.385. The monoisotopic (exact) mass is 254 g/mol. The van der Waals surface area contributed by atoms with Gasteiger partial charge in [-0.3, -0.25) is 14.9 Å². The number of hydrogen-bond donors (Lipinski definition) is 2. The first kappa shape index (κ1) is 13.8. The van der Waals surface area contributed by atoms with Crippen LogP contribution in [0.4, 0.5) is 11.5 Å². The van der Waals surface area contributed by atoms with Crippen molar-refractivity contribution in [2.45, 2.75) is 6.42 Å². The number of nitrogens with two attached hydrogens (primary N) is 1. The molecule has 0 aliphatic heterocycles. The summed E-state index contributed by atoms with van der Waals surface area (Å²) >= 11 is 0. The molecule has 0 aliphatic rings. The molecular weight excluding hydrogens is 240 g/mol. The fraction of sp³-hybridized carbons (Fsp3) is 0.400. The topological polar surface area (TPSA) is 120 Å². The summed E-state index contributed by atoms with van der Waals surface area (Å²) in [4.78, 5) is 25.4. The Morgan fingerprint density at radius 2 is 2.39 bits per heavy atom. The first-order valence-corrected chi connectivity index (χ1v) is 5.23. The quantitative estimate of drug-likeness (QED) is 0.429. The molecule has 8 nitrogen and oxygen atoms in total. The fourth-order valence-corrected chi connectivity index (χ4v) is 1.31. The number of carbonyl (C=O) groups is 1. The molecule has 0 bridgehead atoms. The number of methoxy groups -OCH3 is 1. The zero-order valence-electron chi connectivity index (χ0n) is 9.88. The highest BCUT2D eigenvalue weighted by molar-refractivity contribution is 5.98. The molecule has 1 aromatic heterocycles. The van der Waals surface area contributed by atoms with Crippen molar-refractivity contribution in [2.75, 3.05) is 26.0 Å². The summed E-state index contributed by atoms with van der Waals surface area (Å²) in [5.41, 5.74) is 4.95. The van der Waals surface area contributed by atoms with Gasteiger partial charge in [-0.15, -0.1) is 0 Å². The predicted molar refractivity (Wildman–Crippen MR) is 64.1 cm³/mol. The van der Waals surface area contributed by atoms with Gasteiger partial charge in [0.25, 0.3) is 11.6 Å². The van der Waals surface area contributed by atoms with E-state index in [0.717, 1.165) is 6.20 Å². The van der Waals surface area contributed by atoms with E-state index in [2.05, 4.69) is 10.3 Å². The highest BCUT2D eigenvalue weighted by Crippen LogP contribution is 2.18. The molecule has 98 valence electrons. The van der Waals surface area contributed by atoms with Crippen molar-refractivity contribution in [3.8, 4) is 0 Å². The number of amides is 1. The highest BCUT2D eigenvalue weighted by Gasteiger charge is 2.20. The molecule has 1 heterocycles. The van der Waals surface area contributed by atoms with E-state index in [1.165, 1.54) is 6.07 Å². The number of aromatic nitrogens is 1. The average Bonchev–Trinajstić information content (AvgIpc) is 2.34. The number of nitro groups is 1. The van der Waals surface area contributed by atoms with Crippen LogP contribution in [0.3, 0.4) is 0 Å². The van der Waals surface area contributed by atoms with Crippen LogP contribution in [0.1, 0.15) is 16.8 Å². The molecule has 0 radical (unpaired) electrons. The Kier molecular flexibility index (Phi) is 5.00. The van der Waals surface area contributed by atoms with Gasteiger partial charge in [-0.1, -0.05) is 0 Å². The third-order valence-electron chi connectivity index (χ3n) is 2.16. The van der Waals surface area contributed by atoms with Gasteiger partial charge in [0.1, 0.15) is 17.6 Å². The number of anilines is 1. The second kappa shape index (κ2) is 6.50. The lowest BCUT2D eigenvalue weighted by atomic mass is 10.2. The van der Waals surface area contributed by atoms with Crippen LogP contribution in [0.2, 0.25) is 0 Å². The molecule has 18 heavy (non-hydrogen) atoms. The molecule has 0 spiro atoms. The molecule has 0 saturated heterocycles. The summed E-state index contributed by atoms with van der Waals surface area (Å²) in [6.07, 6.45) is 1.59. The van der Waals surface area contributed by atoms with Crippen LogP contribution in [-0.2, 0) is 4.74 Å². The molecule has 0 aromatic carbocycles. The van der Waals surface area contributed by atoms with Gasteiger partial charge in [-0.2, -0.15) is 0 Å². The Bertz CT molecular complexity index is 450. The maximum Gasteiger partial charge on any atom is 0.300 e. The number of hydrogen-bond acceptors (Lipinski definition) is 6. The minimum absolute atomic E-state index is 0.0580. The summed E-state index contributed by atoms with van der Waals surface area (Å²) in [7, 11) is 1.55. The predicted octanol–water partition coefficient (Wildman–Crippen LogP) is 0.338. The Balaban J connectivity index is 2.77. The van der Waals surface area contributed by atoms with Crippen LogP contribution in [0, 0.1) is 10.1 Å². The molecule has 0 saturated carbocycles. The molecule has 0 atom stereocenters. The van der Waals surface area contributed by atoms with E-state index in [4.69, 9.17) is 10.5 Å². The van der Waals surface area contributed by atoms with Crippen LogP contribution < -0.4 is 11.1 Å². The van der Waals surface area contributed by atoms with E-state index in [0.29, 0.717) is 19.6 Å². The Morgan fingerprint density at radius 3 is 3.00 bits per heavy atom. The van der Waals surface area contributed by atoms with Crippen molar-refractivity contribution in [3.63, 3.8) is 0 Å². The minimum atomic E-state index is -0.670. The second-order valence-corrected chi connectivity index (χ2v) is 3.49. The van der Waals surface area contributed by atoms with Crippen molar-refractivity contribution >= 4 is 17.4 Å². The number of nitrogen functional groups attached to an aromatic ring is 1. The summed E-state index contributed by atoms with van der Waals surface area (Å²) in [6.45, 7) is 0.868. The molecule has 1 amide bonds. The molecular formula is C10H14N4O4. The first-order valence-electron chi connectivity index (χ1n) is 5.23. The number of nitrogens with zero attached hydrogens (tertiary/aromatic N) is 2. The molecule has 0 aliphatic carbocycles. The fourth-order valence-electron chi connectivity index (χ4n) is 1.31. The normalized spacial score (nSPS) is 10.1. The zero-order chi connectivity index (χ0) is 13.5. The van der Waals surface area contributed by atoms with E-state index in [9.17, 15) is 14.9 Å². The van der Waals surface area contributed by atoms with Gasteiger partial charge in [0.15, 0.2) is 0 Å². The highest BCUT2D eigenvalue weighted by atomic mass is 16.6. The largest absolute Gasteiger partial charge is 0.385 e. The SMILES string of the molecule is COCCCNC(=O)c1cc(N)ncc1[N+](=O)[O-]. The Morgan fingerprint density at radius 1 is 1.67 bits per heavy atom. The van der Waals surface area contributed by atoms with Gasteiger partial charge < -0.3 is 15.8 Å². The van der Waals surface area contributed by atoms with E-state index >= 15 is 0 Å². The van der Waals surface area contributed by atoms with Crippen molar-refractivity contribution < 1.29 is 14.5 Å². The number of nitrogens with one attached hydrogen (secondary N) is 1. The summed E-state index contributed by atoms with van der Waals surface area (Å²) < 4.78 is 4.82. The number of pyridine rings is 1. The van der Waals surface area contributed by atoms with Gasteiger partial charge >= 0.3 is 0 Å². The first-order chi connectivity index (χ1) is 8.56. The molecule has 1 rings (SSSR count). The second-order valence-electron chi connectivity index (χ2n) is 3.49. The summed E-state index contributed by atoms with van der Waals surface area (Å²) in [5, 5.41) is 13.3. The molecule has 3 N–H and O–H groups in total. The van der Waals surface area contributed by atoms with Gasteiger partial charge in [0.2, 0.25) is 0 Å². The number of rotatable bonds is 6. The van der Waals surface area contributed by atoms with Crippen LogP contribution in [0.15, 0.2) is 12.3 Å². The van der Waals surface area contributed by atoms with Crippen molar-refractivity contribution in [1.29, 1.82) is 0 Å². The average molecular weight is 254 g/mol. The third-order valence-corrected chi connectivity index (χ3v) is 2.16. The smallest absolute Gasteiger partial charge is 0.300 e. The number of ether oxygens (including phenoxy) is 1. The molecule has 0 fully saturated rings. The van der Waals surface area contributed by atoms with Gasteiger partial charge in [-0.25, -0.2) is 4.98 Å². The van der Waals surface area contributed by atoms with Crippen LogP contribution in [-0.4, -0.2) is 36.1 Å². The van der Waals surface area contributed by atoms with Gasteiger partial charge in [0, 0.05) is 20.3 Å². The van der Waals surface area contributed by atoms with Crippen molar-refractivity contribution in [3.05, 3.63) is 27.9 Å². The Labute approximate surface area is 103 Å². The van der Waals surface area contributed by atoms with Gasteiger partial charge in [0.05, 0.1) is 4.92 Å². The molecule has 1 aromatic rings.